The minimum atomic E-state index is -0.323. The summed E-state index contributed by atoms with van der Waals surface area (Å²) in [5, 5.41) is 14.3. The molecule has 0 unspecified atom stereocenters. The number of nitrogens with zero attached hydrogens (tertiary/aromatic N) is 3. The molecule has 0 aliphatic carbocycles. The molecule has 0 saturated carbocycles. The van der Waals surface area contributed by atoms with Crippen LogP contribution < -0.4 is 10.6 Å². The van der Waals surface area contributed by atoms with Crippen LogP contribution in [0.3, 0.4) is 0 Å². The highest BCUT2D eigenvalue weighted by molar-refractivity contribution is 6.34. The predicted molar refractivity (Wildman–Crippen MR) is 82.5 cm³/mol. The number of rotatable bonds is 4. The highest BCUT2D eigenvalue weighted by Crippen LogP contribution is 2.27. The van der Waals surface area contributed by atoms with Gasteiger partial charge in [-0.2, -0.15) is 15.0 Å². The van der Waals surface area contributed by atoms with E-state index in [9.17, 15) is 4.79 Å². The van der Waals surface area contributed by atoms with Gasteiger partial charge in [-0.15, -0.1) is 0 Å². The normalized spacial score (nSPS) is 10.5. The van der Waals surface area contributed by atoms with E-state index in [2.05, 4.69) is 20.8 Å². The molecule has 0 atom stereocenters. The van der Waals surface area contributed by atoms with Gasteiger partial charge in [-0.25, -0.2) is 4.79 Å². The lowest BCUT2D eigenvalue weighted by molar-refractivity contribution is 0.251. The maximum atomic E-state index is 11.9. The number of anilines is 1. The van der Waals surface area contributed by atoms with Crippen molar-refractivity contribution in [2.24, 2.45) is 0 Å². The van der Waals surface area contributed by atoms with Crippen LogP contribution in [0.1, 0.15) is 23.7 Å². The van der Waals surface area contributed by atoms with Gasteiger partial charge in [-0.05, 0) is 38.0 Å². The summed E-state index contributed by atoms with van der Waals surface area (Å²) in [6, 6.07) is 3.37. The van der Waals surface area contributed by atoms with E-state index < -0.39 is 0 Å². The van der Waals surface area contributed by atoms with Crippen LogP contribution in [0.4, 0.5) is 10.5 Å². The molecule has 0 spiro atoms. The number of aromatic nitrogens is 3. The Balaban J connectivity index is 1.97. The quantitative estimate of drug-likeness (QED) is 0.912. The summed E-state index contributed by atoms with van der Waals surface area (Å²) in [7, 11) is 0. The molecule has 21 heavy (non-hydrogen) atoms. The monoisotopic (exact) mass is 307 g/mol. The molecule has 6 nitrogen and oxygen atoms in total. The molecule has 0 radical (unpaired) electrons. The molecule has 1 heterocycles. The third-order valence-electron chi connectivity index (χ3n) is 3.22. The molecule has 2 amide bonds. The summed E-state index contributed by atoms with van der Waals surface area (Å²) in [5.41, 5.74) is 3.36. The smallest absolute Gasteiger partial charge is 0.319 e. The van der Waals surface area contributed by atoms with Gasteiger partial charge in [0, 0.05) is 0 Å². The van der Waals surface area contributed by atoms with Crippen LogP contribution in [0.25, 0.3) is 0 Å². The predicted octanol–water partition coefficient (Wildman–Crippen LogP) is 2.89. The van der Waals surface area contributed by atoms with Crippen LogP contribution >= 0.6 is 11.6 Å². The number of aryl methyl sites for hydroxylation is 2. The van der Waals surface area contributed by atoms with Crippen LogP contribution in [0.15, 0.2) is 18.3 Å². The average molecular weight is 308 g/mol. The van der Waals surface area contributed by atoms with Crippen LogP contribution in [0, 0.1) is 13.8 Å². The lowest BCUT2D eigenvalue weighted by Gasteiger charge is -2.12. The average Bonchev–Trinajstić information content (AvgIpc) is 2.93. The van der Waals surface area contributed by atoms with Crippen molar-refractivity contribution in [1.29, 1.82) is 0 Å². The summed E-state index contributed by atoms with van der Waals surface area (Å²) in [6.45, 7) is 6.85. The zero-order valence-corrected chi connectivity index (χ0v) is 13.0. The summed E-state index contributed by atoms with van der Waals surface area (Å²) in [6.07, 6.45) is 1.63. The number of nitrogens with one attached hydrogen (secondary N) is 2. The van der Waals surface area contributed by atoms with Crippen molar-refractivity contribution in [2.45, 2.75) is 33.9 Å². The van der Waals surface area contributed by atoms with E-state index in [0.29, 0.717) is 29.5 Å². The Hall–Kier alpha value is -2.08. The molecule has 0 aliphatic rings. The van der Waals surface area contributed by atoms with Crippen molar-refractivity contribution < 1.29 is 4.79 Å². The summed E-state index contributed by atoms with van der Waals surface area (Å²) >= 11 is 6.12. The van der Waals surface area contributed by atoms with Crippen molar-refractivity contribution in [3.63, 3.8) is 0 Å². The van der Waals surface area contributed by atoms with E-state index in [1.807, 2.05) is 26.8 Å². The van der Waals surface area contributed by atoms with Gasteiger partial charge >= 0.3 is 6.03 Å². The van der Waals surface area contributed by atoms with Gasteiger partial charge in [0.2, 0.25) is 0 Å². The molecule has 7 heteroatoms. The third kappa shape index (κ3) is 3.72. The van der Waals surface area contributed by atoms with Gasteiger partial charge in [-0.3, -0.25) is 0 Å². The van der Waals surface area contributed by atoms with Gasteiger partial charge in [-0.1, -0.05) is 17.7 Å². The zero-order valence-electron chi connectivity index (χ0n) is 12.3. The molecule has 1 aromatic heterocycles. The molecule has 2 rings (SSSR count). The minimum Gasteiger partial charge on any atom is -0.332 e. The van der Waals surface area contributed by atoms with Gasteiger partial charge < -0.3 is 10.6 Å². The van der Waals surface area contributed by atoms with Crippen molar-refractivity contribution >= 4 is 23.3 Å². The summed E-state index contributed by atoms with van der Waals surface area (Å²) in [5.74, 6) is 0. The first kappa shape index (κ1) is 15.3. The molecule has 2 aromatic rings. The van der Waals surface area contributed by atoms with Crippen molar-refractivity contribution in [3.05, 3.63) is 40.2 Å². The van der Waals surface area contributed by atoms with Crippen molar-refractivity contribution in [2.75, 3.05) is 5.32 Å². The van der Waals surface area contributed by atoms with E-state index >= 15 is 0 Å². The van der Waals surface area contributed by atoms with Crippen molar-refractivity contribution in [1.82, 2.24) is 20.3 Å². The first-order valence-electron chi connectivity index (χ1n) is 6.70. The Morgan fingerprint density at radius 3 is 2.81 bits per heavy atom. The molecule has 0 saturated heterocycles. The highest BCUT2D eigenvalue weighted by Gasteiger charge is 2.10. The fourth-order valence-electron chi connectivity index (χ4n) is 1.83. The van der Waals surface area contributed by atoms with Crippen LogP contribution in [-0.2, 0) is 13.1 Å². The first-order chi connectivity index (χ1) is 10.0. The van der Waals surface area contributed by atoms with Crippen LogP contribution in [-0.4, -0.2) is 21.0 Å². The van der Waals surface area contributed by atoms with E-state index in [1.165, 1.54) is 0 Å². The van der Waals surface area contributed by atoms with E-state index in [0.717, 1.165) is 11.1 Å². The Bertz CT molecular complexity index is 653. The molecule has 1 aromatic carbocycles. The second-order valence-electron chi connectivity index (χ2n) is 4.70. The van der Waals surface area contributed by atoms with Gasteiger partial charge in [0.05, 0.1) is 30.0 Å². The lowest BCUT2D eigenvalue weighted by atomic mass is 10.1. The molecular formula is C14H18ClN5O. The molecule has 2 N–H and O–H groups in total. The molecule has 0 bridgehead atoms. The first-order valence-corrected chi connectivity index (χ1v) is 7.08. The van der Waals surface area contributed by atoms with Crippen LogP contribution in [0.5, 0.6) is 0 Å². The molecule has 0 fully saturated rings. The lowest BCUT2D eigenvalue weighted by Crippen LogP contribution is -2.29. The van der Waals surface area contributed by atoms with E-state index in [-0.39, 0.29) is 6.03 Å². The highest BCUT2D eigenvalue weighted by atomic mass is 35.5. The number of amides is 2. The minimum absolute atomic E-state index is 0.314. The second-order valence-corrected chi connectivity index (χ2v) is 5.10. The van der Waals surface area contributed by atoms with E-state index in [4.69, 9.17) is 11.6 Å². The SMILES string of the molecule is CCn1ncc(CNC(=O)Nc2c(Cl)ccc(C)c2C)n1. The number of hydrogen-bond donors (Lipinski definition) is 2. The van der Waals surface area contributed by atoms with Gasteiger partial charge in [0.25, 0.3) is 0 Å². The topological polar surface area (TPSA) is 71.8 Å². The third-order valence-corrected chi connectivity index (χ3v) is 3.54. The number of benzene rings is 1. The second kappa shape index (κ2) is 6.58. The largest absolute Gasteiger partial charge is 0.332 e. The maximum Gasteiger partial charge on any atom is 0.319 e. The Labute approximate surface area is 128 Å². The number of carbonyl (C=O) groups excluding carboxylic acids is 1. The Morgan fingerprint density at radius 1 is 1.38 bits per heavy atom. The van der Waals surface area contributed by atoms with Crippen LogP contribution in [0.2, 0.25) is 5.02 Å². The molecule has 0 aliphatic heterocycles. The Morgan fingerprint density at radius 2 is 2.14 bits per heavy atom. The van der Waals surface area contributed by atoms with Gasteiger partial charge in [0.1, 0.15) is 5.69 Å². The number of carbonyl (C=O) groups is 1. The fraction of sp³-hybridized carbons (Fsp3) is 0.357. The maximum absolute atomic E-state index is 11.9. The number of urea groups is 1. The fourth-order valence-corrected chi connectivity index (χ4v) is 2.08. The molecule has 112 valence electrons. The summed E-state index contributed by atoms with van der Waals surface area (Å²) in [4.78, 5) is 13.5. The number of halogens is 1. The zero-order chi connectivity index (χ0) is 15.4. The van der Waals surface area contributed by atoms with Crippen molar-refractivity contribution in [3.8, 4) is 0 Å². The summed E-state index contributed by atoms with van der Waals surface area (Å²) < 4.78 is 0. The molecular weight excluding hydrogens is 290 g/mol. The van der Waals surface area contributed by atoms with E-state index in [1.54, 1.807) is 17.1 Å². The Kier molecular flexibility index (Phi) is 4.80. The van der Waals surface area contributed by atoms with Gasteiger partial charge in [0.15, 0.2) is 0 Å². The standard InChI is InChI=1S/C14H18ClN5O/c1-4-20-17-8-11(19-20)7-16-14(21)18-13-10(3)9(2)5-6-12(13)15/h5-6,8H,4,7H2,1-3H3,(H2,16,18,21). The number of hydrogen-bond acceptors (Lipinski definition) is 3.